The zero-order valence-electron chi connectivity index (χ0n) is 23.1. The van der Waals surface area contributed by atoms with E-state index in [9.17, 15) is 22.8 Å². The zero-order chi connectivity index (χ0) is 30.0. The molecular formula is C27H31ClN6O6S2. The number of hydrogen-bond donors (Lipinski definition) is 2. The lowest BCUT2D eigenvalue weighted by molar-refractivity contribution is -0.142. The lowest BCUT2D eigenvalue weighted by atomic mass is 10.1. The van der Waals surface area contributed by atoms with Crippen molar-refractivity contribution in [3.63, 3.8) is 0 Å². The number of carbonyl (C=O) groups is 3. The van der Waals surface area contributed by atoms with Crippen molar-refractivity contribution in [1.82, 2.24) is 29.9 Å². The number of esters is 1. The first-order chi connectivity index (χ1) is 20.1. The van der Waals surface area contributed by atoms with Gasteiger partial charge in [0.15, 0.2) is 5.01 Å². The van der Waals surface area contributed by atoms with Gasteiger partial charge in [-0.3, -0.25) is 19.8 Å². The molecule has 1 atom stereocenters. The van der Waals surface area contributed by atoms with Crippen molar-refractivity contribution < 1.29 is 27.5 Å². The van der Waals surface area contributed by atoms with Crippen molar-refractivity contribution in [3.8, 4) is 0 Å². The maximum atomic E-state index is 13.7. The highest BCUT2D eigenvalue weighted by Gasteiger charge is 2.41. The minimum atomic E-state index is -4.02. The highest BCUT2D eigenvalue weighted by atomic mass is 35.5. The Morgan fingerprint density at radius 1 is 1.12 bits per heavy atom. The van der Waals surface area contributed by atoms with Crippen LogP contribution in [-0.2, 0) is 37.3 Å². The molecule has 2 aromatic carbocycles. The topological polar surface area (TPSA) is 141 Å². The molecule has 2 N–H and O–H groups in total. The normalized spacial score (nSPS) is 18.1. The Morgan fingerprint density at radius 2 is 1.88 bits per heavy atom. The second kappa shape index (κ2) is 12.6. The summed E-state index contributed by atoms with van der Waals surface area (Å²) in [7, 11) is -2.03. The van der Waals surface area contributed by atoms with Gasteiger partial charge in [0, 0.05) is 49.0 Å². The Morgan fingerprint density at radius 3 is 2.67 bits per heavy atom. The Kier molecular flexibility index (Phi) is 9.11. The summed E-state index contributed by atoms with van der Waals surface area (Å²) in [6.45, 7) is 2.75. The van der Waals surface area contributed by atoms with E-state index in [0.717, 1.165) is 28.9 Å². The molecule has 2 amide bonds. The van der Waals surface area contributed by atoms with Crippen molar-refractivity contribution in [1.29, 1.82) is 0 Å². The Bertz CT molecular complexity index is 1630. The maximum absolute atomic E-state index is 13.7. The number of ether oxygens (including phenoxy) is 1. The van der Waals surface area contributed by atoms with Crippen LogP contribution in [0.15, 0.2) is 41.3 Å². The van der Waals surface area contributed by atoms with Crippen LogP contribution in [0, 0.1) is 0 Å². The number of sulfonamides is 1. The van der Waals surface area contributed by atoms with Crippen LogP contribution >= 0.6 is 22.9 Å². The summed E-state index contributed by atoms with van der Waals surface area (Å²) in [6.07, 6.45) is 0.724. The fourth-order valence-electron chi connectivity index (χ4n) is 4.98. The van der Waals surface area contributed by atoms with Crippen LogP contribution < -0.4 is 10.9 Å². The molecule has 0 bridgehead atoms. The number of thiazole rings is 1. The van der Waals surface area contributed by atoms with E-state index in [1.807, 2.05) is 7.05 Å². The molecule has 224 valence electrons. The molecule has 2 aliphatic rings. The second-order valence-electron chi connectivity index (χ2n) is 10.1. The van der Waals surface area contributed by atoms with Crippen LogP contribution in [0.5, 0.6) is 0 Å². The summed E-state index contributed by atoms with van der Waals surface area (Å²) in [6, 6.07) is 8.73. The minimum Gasteiger partial charge on any atom is -0.465 e. The predicted octanol–water partition coefficient (Wildman–Crippen LogP) is 1.64. The standard InChI is InChI=1S/C27H31ClN6O6S2/c1-3-40-24(35)14-29-31-25(36)22-15-33(42(38,39)20-7-5-17-12-19(28)6-4-18(17)13-20)10-11-34(22)27(37)26-30-21-8-9-32(2)16-23(21)41-26/h4-7,12-13,22,29H,3,8-11,14-16H2,1-2H3,(H,31,36). The first-order valence-corrected chi connectivity index (χ1v) is 16.1. The Hall–Kier alpha value is -3.14. The Balaban J connectivity index is 1.39. The van der Waals surface area contributed by atoms with Gasteiger partial charge in [-0.15, -0.1) is 11.3 Å². The summed E-state index contributed by atoms with van der Waals surface area (Å²) in [5, 5.41) is 2.29. The molecule has 1 aromatic heterocycles. The van der Waals surface area contributed by atoms with E-state index in [-0.39, 0.29) is 42.7 Å². The number of rotatable bonds is 8. The van der Waals surface area contributed by atoms with E-state index in [4.69, 9.17) is 16.3 Å². The van der Waals surface area contributed by atoms with Crippen molar-refractivity contribution in [2.45, 2.75) is 30.8 Å². The maximum Gasteiger partial charge on any atom is 0.321 e. The van der Waals surface area contributed by atoms with E-state index >= 15 is 0 Å². The molecule has 1 saturated heterocycles. The van der Waals surface area contributed by atoms with Gasteiger partial charge in [-0.05, 0) is 49.0 Å². The van der Waals surface area contributed by atoms with Crippen LogP contribution in [0.4, 0.5) is 0 Å². The predicted molar refractivity (Wildman–Crippen MR) is 157 cm³/mol. The van der Waals surface area contributed by atoms with Crippen LogP contribution in [0.1, 0.15) is 27.3 Å². The SMILES string of the molecule is CCOC(=O)CNNC(=O)C1CN(S(=O)(=O)c2ccc3cc(Cl)ccc3c2)CCN1C(=O)c1nc2c(s1)CN(C)CC2. The molecule has 0 spiro atoms. The largest absolute Gasteiger partial charge is 0.465 e. The number of nitrogens with zero attached hydrogens (tertiary/aromatic N) is 4. The van der Waals surface area contributed by atoms with Crippen LogP contribution in [0.3, 0.4) is 0 Å². The van der Waals surface area contributed by atoms with E-state index < -0.39 is 33.8 Å². The van der Waals surface area contributed by atoms with Crippen molar-refractivity contribution in [2.75, 3.05) is 46.4 Å². The molecule has 1 fully saturated rings. The average molecular weight is 635 g/mol. The third kappa shape index (κ3) is 6.43. The molecule has 0 aliphatic carbocycles. The van der Waals surface area contributed by atoms with Crippen LogP contribution in [0.25, 0.3) is 10.8 Å². The number of piperazine rings is 1. The summed E-state index contributed by atoms with van der Waals surface area (Å²) in [4.78, 5) is 47.9. The number of benzene rings is 2. The van der Waals surface area contributed by atoms with Gasteiger partial charge in [-0.25, -0.2) is 18.8 Å². The van der Waals surface area contributed by atoms with Gasteiger partial charge in [0.2, 0.25) is 10.0 Å². The summed E-state index contributed by atoms with van der Waals surface area (Å²) in [5.41, 5.74) is 5.82. The van der Waals surface area contributed by atoms with Gasteiger partial charge < -0.3 is 14.5 Å². The second-order valence-corrected chi connectivity index (χ2v) is 13.5. The fraction of sp³-hybridized carbons (Fsp3) is 0.407. The monoisotopic (exact) mass is 634 g/mol. The average Bonchev–Trinajstić information content (AvgIpc) is 3.39. The van der Waals surface area contributed by atoms with Gasteiger partial charge in [0.05, 0.1) is 17.2 Å². The van der Waals surface area contributed by atoms with E-state index in [1.54, 1.807) is 37.3 Å². The number of hydrazine groups is 1. The highest BCUT2D eigenvalue weighted by Crippen LogP contribution is 2.29. The highest BCUT2D eigenvalue weighted by molar-refractivity contribution is 7.89. The molecular weight excluding hydrogens is 604 g/mol. The quantitative estimate of drug-likeness (QED) is 0.279. The number of halogens is 1. The molecule has 0 saturated carbocycles. The molecule has 42 heavy (non-hydrogen) atoms. The molecule has 2 aliphatic heterocycles. The van der Waals surface area contributed by atoms with E-state index in [0.29, 0.717) is 17.0 Å². The summed E-state index contributed by atoms with van der Waals surface area (Å²) in [5.74, 6) is -1.68. The van der Waals surface area contributed by atoms with Gasteiger partial charge in [-0.1, -0.05) is 23.7 Å². The molecule has 15 heteroatoms. The van der Waals surface area contributed by atoms with Crippen molar-refractivity contribution >= 4 is 61.5 Å². The summed E-state index contributed by atoms with van der Waals surface area (Å²) >= 11 is 7.36. The number of aromatic nitrogens is 1. The molecule has 3 aromatic rings. The Labute approximate surface area is 252 Å². The molecule has 5 rings (SSSR count). The van der Waals surface area contributed by atoms with Gasteiger partial charge in [0.25, 0.3) is 11.8 Å². The number of amides is 2. The number of fused-ring (bicyclic) bond motifs is 2. The zero-order valence-corrected chi connectivity index (χ0v) is 25.5. The van der Waals surface area contributed by atoms with Crippen LogP contribution in [0.2, 0.25) is 5.02 Å². The van der Waals surface area contributed by atoms with E-state index in [1.165, 1.54) is 26.6 Å². The number of hydrogen-bond acceptors (Lipinski definition) is 10. The third-order valence-electron chi connectivity index (χ3n) is 7.17. The van der Waals surface area contributed by atoms with Crippen LogP contribution in [-0.4, -0.2) is 97.7 Å². The van der Waals surface area contributed by atoms with Crippen molar-refractivity contribution in [2.24, 2.45) is 0 Å². The van der Waals surface area contributed by atoms with Gasteiger partial charge in [-0.2, -0.15) is 4.31 Å². The number of nitrogens with one attached hydrogen (secondary N) is 2. The first-order valence-electron chi connectivity index (χ1n) is 13.4. The lowest BCUT2D eigenvalue weighted by Crippen LogP contribution is -2.62. The van der Waals surface area contributed by atoms with E-state index in [2.05, 4.69) is 20.7 Å². The third-order valence-corrected chi connectivity index (χ3v) is 10.3. The summed E-state index contributed by atoms with van der Waals surface area (Å²) < 4.78 is 33.5. The number of carbonyl (C=O) groups excluding carboxylic acids is 3. The minimum absolute atomic E-state index is 0.0133. The fourth-order valence-corrected chi connectivity index (χ4v) is 7.78. The molecule has 0 radical (unpaired) electrons. The lowest BCUT2D eigenvalue weighted by Gasteiger charge is -2.39. The van der Waals surface area contributed by atoms with Crippen molar-refractivity contribution in [3.05, 3.63) is 57.0 Å². The first kappa shape index (κ1) is 30.3. The molecule has 12 nitrogen and oxygen atoms in total. The number of likely N-dealkylation sites (N-methyl/N-ethyl adjacent to an activating group) is 1. The van der Waals surface area contributed by atoms with Gasteiger partial charge >= 0.3 is 5.97 Å². The molecule has 3 heterocycles. The molecule has 1 unspecified atom stereocenters. The van der Waals surface area contributed by atoms with Gasteiger partial charge in [0.1, 0.15) is 12.6 Å². The smallest absolute Gasteiger partial charge is 0.321 e.